The molecule has 112 valence electrons. The van der Waals surface area contributed by atoms with Crippen molar-refractivity contribution in [3.63, 3.8) is 0 Å². The van der Waals surface area contributed by atoms with Crippen molar-refractivity contribution in [3.05, 3.63) is 42.5 Å². The summed E-state index contributed by atoms with van der Waals surface area (Å²) in [6.45, 7) is 5.82. The number of amidine groups is 1. The molecule has 5 nitrogen and oxygen atoms in total. The molecular formula is C14H16N2O3S2. The zero-order chi connectivity index (χ0) is 15.5. The lowest BCUT2D eigenvalue weighted by Crippen LogP contribution is -2.30. The van der Waals surface area contributed by atoms with Crippen LogP contribution in [-0.4, -0.2) is 36.7 Å². The second-order valence-corrected chi connectivity index (χ2v) is 6.97. The van der Waals surface area contributed by atoms with Crippen molar-refractivity contribution >= 4 is 32.9 Å². The van der Waals surface area contributed by atoms with E-state index in [1.807, 2.05) is 6.92 Å². The van der Waals surface area contributed by atoms with Gasteiger partial charge in [0.05, 0.1) is 10.6 Å². The Hall–Kier alpha value is -1.60. The van der Waals surface area contributed by atoms with Crippen LogP contribution >= 0.6 is 11.8 Å². The van der Waals surface area contributed by atoms with Gasteiger partial charge in [-0.3, -0.25) is 9.69 Å². The zero-order valence-electron chi connectivity index (χ0n) is 11.7. The molecule has 0 N–H and O–H groups in total. The third kappa shape index (κ3) is 3.54. The van der Waals surface area contributed by atoms with E-state index in [1.54, 1.807) is 18.2 Å². The van der Waals surface area contributed by atoms with E-state index in [1.165, 1.54) is 17.0 Å². The molecule has 0 unspecified atom stereocenters. The maximum atomic E-state index is 12.3. The molecule has 0 bridgehead atoms. The Morgan fingerprint density at radius 1 is 1.38 bits per heavy atom. The van der Waals surface area contributed by atoms with Crippen molar-refractivity contribution in [1.29, 1.82) is 0 Å². The van der Waals surface area contributed by atoms with Gasteiger partial charge in [-0.15, -0.1) is 11.0 Å². The number of hydrogen-bond donors (Lipinski definition) is 0. The number of sulfonamides is 1. The Morgan fingerprint density at radius 3 is 2.62 bits per heavy atom. The van der Waals surface area contributed by atoms with Gasteiger partial charge in [0, 0.05) is 6.54 Å². The summed E-state index contributed by atoms with van der Waals surface area (Å²) in [4.78, 5) is 13.1. The lowest BCUT2D eigenvalue weighted by atomic mass is 10.2. The van der Waals surface area contributed by atoms with Crippen molar-refractivity contribution in [1.82, 2.24) is 4.90 Å². The molecule has 1 aromatic rings. The fourth-order valence-electron chi connectivity index (χ4n) is 1.83. The average molecular weight is 324 g/mol. The number of aryl methyl sites for hydroxylation is 1. The molecule has 7 heteroatoms. The second kappa shape index (κ2) is 6.44. The van der Waals surface area contributed by atoms with Gasteiger partial charge in [0.25, 0.3) is 10.0 Å². The molecule has 1 saturated heterocycles. The Labute approximate surface area is 128 Å². The first-order valence-electron chi connectivity index (χ1n) is 6.46. The maximum absolute atomic E-state index is 12.3. The predicted octanol–water partition coefficient (Wildman–Crippen LogP) is 2.06. The molecule has 0 saturated carbocycles. The lowest BCUT2D eigenvalue weighted by Gasteiger charge is -2.12. The molecule has 1 fully saturated rings. The van der Waals surface area contributed by atoms with Crippen LogP contribution in [0.4, 0.5) is 0 Å². The van der Waals surface area contributed by atoms with Gasteiger partial charge in [0.2, 0.25) is 5.91 Å². The maximum Gasteiger partial charge on any atom is 0.284 e. The van der Waals surface area contributed by atoms with Gasteiger partial charge in [0.15, 0.2) is 5.17 Å². The third-order valence-corrected chi connectivity index (χ3v) is 5.35. The minimum atomic E-state index is -3.80. The molecule has 1 aromatic carbocycles. The molecule has 0 aliphatic carbocycles. The average Bonchev–Trinajstić information content (AvgIpc) is 2.80. The number of thioether (sulfide) groups is 1. The van der Waals surface area contributed by atoms with E-state index in [-0.39, 0.29) is 28.3 Å². The highest BCUT2D eigenvalue weighted by Crippen LogP contribution is 2.23. The molecule has 1 aliphatic heterocycles. The fourth-order valence-corrected chi connectivity index (χ4v) is 3.96. The van der Waals surface area contributed by atoms with Gasteiger partial charge in [-0.1, -0.05) is 36.9 Å². The number of benzene rings is 1. The summed E-state index contributed by atoms with van der Waals surface area (Å²) >= 11 is 1.13. The minimum absolute atomic E-state index is 0.130. The number of nitrogens with zero attached hydrogens (tertiary/aromatic N) is 2. The monoisotopic (exact) mass is 324 g/mol. The van der Waals surface area contributed by atoms with Crippen LogP contribution in [0.5, 0.6) is 0 Å². The van der Waals surface area contributed by atoms with E-state index < -0.39 is 10.0 Å². The minimum Gasteiger partial charge on any atom is -0.286 e. The summed E-state index contributed by atoms with van der Waals surface area (Å²) in [5.41, 5.74) is 1.06. The topological polar surface area (TPSA) is 66.8 Å². The number of amides is 1. The number of carbonyl (C=O) groups excluding carboxylic acids is 1. The van der Waals surface area contributed by atoms with E-state index in [4.69, 9.17) is 0 Å². The summed E-state index contributed by atoms with van der Waals surface area (Å²) in [5.74, 6) is 0.0481. The van der Waals surface area contributed by atoms with Crippen LogP contribution in [0.2, 0.25) is 0 Å². The number of carbonyl (C=O) groups is 1. The van der Waals surface area contributed by atoms with Crippen LogP contribution in [0.25, 0.3) is 0 Å². The third-order valence-electron chi connectivity index (χ3n) is 3.00. The summed E-state index contributed by atoms with van der Waals surface area (Å²) in [7, 11) is -3.80. The SMILES string of the molecule is C=CCN1C(=O)CSC1=NS(=O)(=O)c1ccc(CC)cc1. The highest BCUT2D eigenvalue weighted by Gasteiger charge is 2.29. The Kier molecular flexibility index (Phi) is 4.84. The van der Waals surface area contributed by atoms with Crippen LogP contribution in [0.3, 0.4) is 0 Å². The molecule has 1 aliphatic rings. The summed E-state index contributed by atoms with van der Waals surface area (Å²) in [5, 5.41) is 0.208. The lowest BCUT2D eigenvalue weighted by molar-refractivity contribution is -0.123. The first-order chi connectivity index (χ1) is 9.97. The first kappa shape index (κ1) is 15.8. The van der Waals surface area contributed by atoms with Gasteiger partial charge >= 0.3 is 0 Å². The quantitative estimate of drug-likeness (QED) is 0.778. The van der Waals surface area contributed by atoms with Gasteiger partial charge < -0.3 is 0 Å². The van der Waals surface area contributed by atoms with Gasteiger partial charge in [-0.05, 0) is 24.1 Å². The summed E-state index contributed by atoms with van der Waals surface area (Å²) in [6.07, 6.45) is 2.38. The van der Waals surface area contributed by atoms with E-state index in [0.717, 1.165) is 23.7 Å². The van der Waals surface area contributed by atoms with Gasteiger partial charge in [-0.25, -0.2) is 0 Å². The van der Waals surface area contributed by atoms with E-state index in [9.17, 15) is 13.2 Å². The molecule has 1 amide bonds. The zero-order valence-corrected chi connectivity index (χ0v) is 13.3. The molecule has 2 rings (SSSR count). The molecule has 0 atom stereocenters. The highest BCUT2D eigenvalue weighted by atomic mass is 32.2. The Bertz CT molecular complexity index is 679. The van der Waals surface area contributed by atoms with Gasteiger partial charge in [-0.2, -0.15) is 8.42 Å². The fraction of sp³-hybridized carbons (Fsp3) is 0.286. The molecule has 21 heavy (non-hydrogen) atoms. The molecule has 0 spiro atoms. The Morgan fingerprint density at radius 2 is 2.05 bits per heavy atom. The van der Waals surface area contributed by atoms with Crippen molar-refractivity contribution in [2.24, 2.45) is 4.40 Å². The normalized spacial score (nSPS) is 17.5. The molecule has 0 aromatic heterocycles. The van der Waals surface area contributed by atoms with E-state index in [2.05, 4.69) is 11.0 Å². The largest absolute Gasteiger partial charge is 0.286 e. The number of rotatable bonds is 5. The van der Waals surface area contributed by atoms with Gasteiger partial charge in [0.1, 0.15) is 0 Å². The Balaban J connectivity index is 2.32. The predicted molar refractivity (Wildman–Crippen MR) is 84.8 cm³/mol. The second-order valence-electron chi connectivity index (χ2n) is 4.43. The standard InChI is InChI=1S/C14H16N2O3S2/c1-3-9-16-13(17)10-20-14(16)15-21(18,19)12-7-5-11(4-2)6-8-12/h3,5-8H,1,4,9-10H2,2H3. The van der Waals surface area contributed by atoms with Crippen LogP contribution in [0, 0.1) is 0 Å². The van der Waals surface area contributed by atoms with Crippen molar-refractivity contribution in [3.8, 4) is 0 Å². The van der Waals surface area contributed by atoms with E-state index >= 15 is 0 Å². The first-order valence-corrected chi connectivity index (χ1v) is 8.88. The molecule has 1 heterocycles. The summed E-state index contributed by atoms with van der Waals surface area (Å²) < 4.78 is 28.4. The molecular weight excluding hydrogens is 308 g/mol. The van der Waals surface area contributed by atoms with Crippen LogP contribution in [-0.2, 0) is 21.2 Å². The van der Waals surface area contributed by atoms with Crippen LogP contribution in [0.1, 0.15) is 12.5 Å². The highest BCUT2D eigenvalue weighted by molar-refractivity contribution is 8.15. The number of hydrogen-bond acceptors (Lipinski definition) is 4. The summed E-state index contributed by atoms with van der Waals surface area (Å²) in [6, 6.07) is 6.61. The van der Waals surface area contributed by atoms with Crippen LogP contribution < -0.4 is 0 Å². The van der Waals surface area contributed by atoms with Crippen LogP contribution in [0.15, 0.2) is 46.2 Å². The molecule has 0 radical (unpaired) electrons. The smallest absolute Gasteiger partial charge is 0.284 e. The van der Waals surface area contributed by atoms with Crippen molar-refractivity contribution in [2.45, 2.75) is 18.2 Å². The van der Waals surface area contributed by atoms with Crippen molar-refractivity contribution < 1.29 is 13.2 Å². The van der Waals surface area contributed by atoms with Crippen molar-refractivity contribution in [2.75, 3.05) is 12.3 Å². The van der Waals surface area contributed by atoms with E-state index in [0.29, 0.717) is 0 Å².